The third-order valence-electron chi connectivity index (χ3n) is 3.25. The van der Waals surface area contributed by atoms with Gasteiger partial charge in [0.05, 0.1) is 0 Å². The summed E-state index contributed by atoms with van der Waals surface area (Å²) < 4.78 is 5.48. The van der Waals surface area contributed by atoms with Gasteiger partial charge in [-0.05, 0) is 43.5 Å². The van der Waals surface area contributed by atoms with E-state index >= 15 is 0 Å². The Morgan fingerprint density at radius 2 is 1.95 bits per heavy atom. The lowest BCUT2D eigenvalue weighted by Crippen LogP contribution is -2.25. The zero-order valence-electron chi connectivity index (χ0n) is 13.7. The van der Waals surface area contributed by atoms with Crippen molar-refractivity contribution in [2.24, 2.45) is 5.92 Å². The van der Waals surface area contributed by atoms with Crippen molar-refractivity contribution in [3.8, 4) is 0 Å². The fraction of sp³-hybridized carbons (Fsp3) is 0.588. The van der Waals surface area contributed by atoms with Gasteiger partial charge in [0.15, 0.2) is 0 Å². The van der Waals surface area contributed by atoms with Crippen molar-refractivity contribution in [2.75, 3.05) is 38.3 Å². The average Bonchev–Trinajstić information content (AvgIpc) is 2.49. The van der Waals surface area contributed by atoms with Gasteiger partial charge < -0.3 is 15.0 Å². The van der Waals surface area contributed by atoms with Gasteiger partial charge in [-0.15, -0.1) is 0 Å². The molecule has 0 saturated carbocycles. The predicted molar refractivity (Wildman–Crippen MR) is 88.0 cm³/mol. The Morgan fingerprint density at radius 1 is 1.29 bits per heavy atom. The van der Waals surface area contributed by atoms with Crippen molar-refractivity contribution in [3.63, 3.8) is 0 Å². The van der Waals surface area contributed by atoms with Crippen LogP contribution in [-0.2, 0) is 4.74 Å². The number of benzene rings is 1. The lowest BCUT2D eigenvalue weighted by molar-refractivity contribution is 0.0925. The molecule has 0 heterocycles. The van der Waals surface area contributed by atoms with Crippen LogP contribution < -0.4 is 10.2 Å². The van der Waals surface area contributed by atoms with E-state index in [1.54, 1.807) is 0 Å². The van der Waals surface area contributed by atoms with E-state index in [1.807, 2.05) is 31.3 Å². The molecule has 0 radical (unpaired) electrons. The van der Waals surface area contributed by atoms with E-state index in [1.165, 1.54) is 0 Å². The number of ether oxygens (including phenoxy) is 1. The summed E-state index contributed by atoms with van der Waals surface area (Å²) in [6.07, 6.45) is 0.842. The van der Waals surface area contributed by atoms with Gasteiger partial charge in [-0.2, -0.15) is 0 Å². The van der Waals surface area contributed by atoms with Crippen LogP contribution in [0.25, 0.3) is 0 Å². The molecule has 0 saturated heterocycles. The fourth-order valence-electron chi connectivity index (χ4n) is 1.85. The van der Waals surface area contributed by atoms with Crippen LogP contribution in [0.15, 0.2) is 24.3 Å². The Balaban J connectivity index is 2.29. The second-order valence-corrected chi connectivity index (χ2v) is 5.64. The summed E-state index contributed by atoms with van der Waals surface area (Å²) in [6, 6.07) is 7.69. The Morgan fingerprint density at radius 3 is 2.52 bits per heavy atom. The standard InChI is InChI=1S/C17H28N2O2/c1-5-19(4)16-9-7-15(8-10-16)17(20)18-11-6-12-21-13-14(2)3/h7-10,14H,5-6,11-13H2,1-4H3,(H,18,20). The first kappa shape index (κ1) is 17.5. The molecule has 0 aliphatic heterocycles. The number of hydrogen-bond acceptors (Lipinski definition) is 3. The molecule has 4 nitrogen and oxygen atoms in total. The van der Waals surface area contributed by atoms with Gasteiger partial charge >= 0.3 is 0 Å². The van der Waals surface area contributed by atoms with E-state index in [0.717, 1.165) is 25.3 Å². The molecule has 21 heavy (non-hydrogen) atoms. The summed E-state index contributed by atoms with van der Waals surface area (Å²) in [5, 5.41) is 2.92. The zero-order valence-corrected chi connectivity index (χ0v) is 13.7. The summed E-state index contributed by atoms with van der Waals surface area (Å²) in [6.45, 7) is 9.42. The number of carbonyl (C=O) groups is 1. The van der Waals surface area contributed by atoms with Gasteiger partial charge in [0.2, 0.25) is 0 Å². The van der Waals surface area contributed by atoms with Crippen LogP contribution in [-0.4, -0.2) is 39.3 Å². The van der Waals surface area contributed by atoms with Crippen molar-refractivity contribution in [3.05, 3.63) is 29.8 Å². The summed E-state index contributed by atoms with van der Waals surface area (Å²) in [5.74, 6) is 0.531. The van der Waals surface area contributed by atoms with Crippen molar-refractivity contribution in [1.29, 1.82) is 0 Å². The van der Waals surface area contributed by atoms with E-state index in [9.17, 15) is 4.79 Å². The predicted octanol–water partition coefficient (Wildman–Crippen LogP) is 2.94. The molecule has 0 aliphatic rings. The molecule has 0 unspecified atom stereocenters. The Hall–Kier alpha value is -1.55. The fourth-order valence-corrected chi connectivity index (χ4v) is 1.85. The van der Waals surface area contributed by atoms with Gasteiger partial charge in [0.1, 0.15) is 0 Å². The van der Waals surface area contributed by atoms with Gasteiger partial charge in [0, 0.05) is 44.6 Å². The van der Waals surface area contributed by atoms with Gasteiger partial charge in [0.25, 0.3) is 5.91 Å². The number of hydrogen-bond donors (Lipinski definition) is 1. The van der Waals surface area contributed by atoms with Crippen LogP contribution in [0.5, 0.6) is 0 Å². The molecule has 118 valence electrons. The van der Waals surface area contributed by atoms with Crippen LogP contribution in [0.4, 0.5) is 5.69 Å². The average molecular weight is 292 g/mol. The summed E-state index contributed by atoms with van der Waals surface area (Å²) >= 11 is 0. The topological polar surface area (TPSA) is 41.6 Å². The molecule has 0 bridgehead atoms. The highest BCUT2D eigenvalue weighted by atomic mass is 16.5. The number of rotatable bonds is 9. The smallest absolute Gasteiger partial charge is 0.251 e. The highest BCUT2D eigenvalue weighted by Gasteiger charge is 2.05. The number of amides is 1. The molecule has 0 aliphatic carbocycles. The van der Waals surface area contributed by atoms with Crippen LogP contribution >= 0.6 is 0 Å². The second-order valence-electron chi connectivity index (χ2n) is 5.64. The van der Waals surface area contributed by atoms with Crippen molar-refractivity contribution >= 4 is 11.6 Å². The first-order chi connectivity index (χ1) is 10.0. The van der Waals surface area contributed by atoms with Gasteiger partial charge in [-0.3, -0.25) is 4.79 Å². The Kier molecular flexibility index (Phi) is 7.83. The number of anilines is 1. The minimum absolute atomic E-state index is 0.0236. The molecule has 0 fully saturated rings. The first-order valence-corrected chi connectivity index (χ1v) is 7.71. The minimum Gasteiger partial charge on any atom is -0.381 e. The second kappa shape index (κ2) is 9.40. The minimum atomic E-state index is -0.0236. The summed E-state index contributed by atoms with van der Waals surface area (Å²) in [5.41, 5.74) is 1.82. The third-order valence-corrected chi connectivity index (χ3v) is 3.25. The number of nitrogens with one attached hydrogen (secondary N) is 1. The normalized spacial score (nSPS) is 10.7. The molecule has 1 N–H and O–H groups in total. The lowest BCUT2D eigenvalue weighted by atomic mass is 10.2. The summed E-state index contributed by atoms with van der Waals surface area (Å²) in [7, 11) is 2.03. The largest absolute Gasteiger partial charge is 0.381 e. The van der Waals surface area contributed by atoms with E-state index in [4.69, 9.17) is 4.74 Å². The van der Waals surface area contributed by atoms with Gasteiger partial charge in [-0.25, -0.2) is 0 Å². The molecule has 0 aromatic heterocycles. The molecule has 0 atom stereocenters. The molecule has 1 rings (SSSR count). The van der Waals surface area contributed by atoms with Crippen molar-refractivity contribution < 1.29 is 9.53 Å². The monoisotopic (exact) mass is 292 g/mol. The maximum atomic E-state index is 12.0. The quantitative estimate of drug-likeness (QED) is 0.712. The molecule has 1 amide bonds. The number of nitrogens with zero attached hydrogens (tertiary/aromatic N) is 1. The highest BCUT2D eigenvalue weighted by molar-refractivity contribution is 5.94. The molecule has 1 aromatic carbocycles. The van der Waals surface area contributed by atoms with E-state index < -0.39 is 0 Å². The first-order valence-electron chi connectivity index (χ1n) is 7.71. The zero-order chi connectivity index (χ0) is 15.7. The Bertz CT molecular complexity index is 415. The van der Waals surface area contributed by atoms with E-state index in [0.29, 0.717) is 24.6 Å². The summed E-state index contributed by atoms with van der Waals surface area (Å²) in [4.78, 5) is 14.1. The lowest BCUT2D eigenvalue weighted by Gasteiger charge is -2.16. The van der Waals surface area contributed by atoms with Gasteiger partial charge in [-0.1, -0.05) is 13.8 Å². The van der Waals surface area contributed by atoms with E-state index in [-0.39, 0.29) is 5.91 Å². The molecular formula is C17H28N2O2. The van der Waals surface area contributed by atoms with E-state index in [2.05, 4.69) is 31.0 Å². The van der Waals surface area contributed by atoms with Crippen molar-refractivity contribution in [1.82, 2.24) is 5.32 Å². The van der Waals surface area contributed by atoms with Crippen LogP contribution in [0.3, 0.4) is 0 Å². The number of carbonyl (C=O) groups excluding carboxylic acids is 1. The van der Waals surface area contributed by atoms with Crippen LogP contribution in [0, 0.1) is 5.92 Å². The highest BCUT2D eigenvalue weighted by Crippen LogP contribution is 2.13. The molecular weight excluding hydrogens is 264 g/mol. The third kappa shape index (κ3) is 6.63. The SMILES string of the molecule is CCN(C)c1ccc(C(=O)NCCCOCC(C)C)cc1. The molecule has 4 heteroatoms. The maximum Gasteiger partial charge on any atom is 0.251 e. The molecule has 0 spiro atoms. The maximum absolute atomic E-state index is 12.0. The molecule has 1 aromatic rings. The van der Waals surface area contributed by atoms with Crippen LogP contribution in [0.2, 0.25) is 0 Å². The Labute approximate surface area is 128 Å². The van der Waals surface area contributed by atoms with Crippen molar-refractivity contribution in [2.45, 2.75) is 27.2 Å². The van der Waals surface area contributed by atoms with Crippen LogP contribution in [0.1, 0.15) is 37.6 Å².